The quantitative estimate of drug-likeness (QED) is 0.815. The largest absolute Gasteiger partial charge is 0.467 e. The molecule has 0 saturated carbocycles. The predicted molar refractivity (Wildman–Crippen MR) is 82.2 cm³/mol. The Labute approximate surface area is 134 Å². The fraction of sp³-hybridized carbons (Fsp3) is 0.500. The van der Waals surface area contributed by atoms with Gasteiger partial charge in [-0.2, -0.15) is 15.0 Å². The van der Waals surface area contributed by atoms with E-state index in [2.05, 4.69) is 25.4 Å². The van der Waals surface area contributed by atoms with E-state index in [0.717, 1.165) is 11.3 Å². The van der Waals surface area contributed by atoms with Gasteiger partial charge in [-0.1, -0.05) is 5.16 Å². The van der Waals surface area contributed by atoms with Crippen molar-refractivity contribution in [1.29, 1.82) is 0 Å². The third-order valence-corrected chi connectivity index (χ3v) is 3.19. The minimum atomic E-state index is -0.162. The molecule has 2 aromatic heterocycles. The Bertz CT molecular complexity index is 678. The van der Waals surface area contributed by atoms with Gasteiger partial charge < -0.3 is 19.5 Å². The Morgan fingerprint density at radius 1 is 1.26 bits per heavy atom. The number of nitrogens with one attached hydrogen (secondary N) is 1. The van der Waals surface area contributed by atoms with Crippen LogP contribution in [0, 0.1) is 13.8 Å². The van der Waals surface area contributed by atoms with Crippen LogP contribution in [0.2, 0.25) is 0 Å². The summed E-state index contributed by atoms with van der Waals surface area (Å²) in [5.41, 5.74) is 1.51. The predicted octanol–water partition coefficient (Wildman–Crippen LogP) is 0.410. The summed E-state index contributed by atoms with van der Waals surface area (Å²) >= 11 is 0. The van der Waals surface area contributed by atoms with Crippen LogP contribution in [0.1, 0.15) is 22.8 Å². The van der Waals surface area contributed by atoms with Gasteiger partial charge in [0, 0.05) is 19.7 Å². The third-order valence-electron chi connectivity index (χ3n) is 3.19. The standard InChI is InChI=1S/C14H20N6O3/c1-8-10(9(2)23-19-8)6-12(21)15-7-11-16-13(20(3)4)18-14(17-11)22-5/h6-7H2,1-5H3,(H,15,21). The van der Waals surface area contributed by atoms with Crippen molar-refractivity contribution in [2.24, 2.45) is 0 Å². The first-order valence-electron chi connectivity index (χ1n) is 7.05. The summed E-state index contributed by atoms with van der Waals surface area (Å²) in [5, 5.41) is 6.61. The topological polar surface area (TPSA) is 106 Å². The van der Waals surface area contributed by atoms with Crippen LogP contribution in [0.3, 0.4) is 0 Å². The lowest BCUT2D eigenvalue weighted by atomic mass is 10.1. The van der Waals surface area contributed by atoms with E-state index in [9.17, 15) is 4.79 Å². The number of hydrogen-bond acceptors (Lipinski definition) is 8. The number of aromatic nitrogens is 4. The maximum absolute atomic E-state index is 12.1. The van der Waals surface area contributed by atoms with Crippen molar-refractivity contribution < 1.29 is 14.1 Å². The molecular formula is C14H20N6O3. The molecule has 0 aromatic carbocycles. The number of aryl methyl sites for hydroxylation is 2. The van der Waals surface area contributed by atoms with Crippen LogP contribution in [-0.2, 0) is 17.8 Å². The van der Waals surface area contributed by atoms with Gasteiger partial charge in [0.15, 0.2) is 5.82 Å². The zero-order valence-corrected chi connectivity index (χ0v) is 13.9. The molecule has 0 aliphatic heterocycles. The summed E-state index contributed by atoms with van der Waals surface area (Å²) < 4.78 is 10.1. The molecule has 1 amide bonds. The van der Waals surface area contributed by atoms with Gasteiger partial charge in [-0.25, -0.2) is 0 Å². The molecule has 2 aromatic rings. The molecule has 9 nitrogen and oxygen atoms in total. The SMILES string of the molecule is COc1nc(CNC(=O)Cc2c(C)noc2C)nc(N(C)C)n1. The first-order chi connectivity index (χ1) is 10.9. The molecule has 0 spiro atoms. The summed E-state index contributed by atoms with van der Waals surface area (Å²) in [5.74, 6) is 1.37. The van der Waals surface area contributed by atoms with Crippen molar-refractivity contribution >= 4 is 11.9 Å². The van der Waals surface area contributed by atoms with Gasteiger partial charge in [-0.15, -0.1) is 0 Å². The van der Waals surface area contributed by atoms with Crippen LogP contribution in [0.15, 0.2) is 4.52 Å². The molecule has 2 heterocycles. The van der Waals surface area contributed by atoms with Crippen LogP contribution in [-0.4, -0.2) is 47.2 Å². The fourth-order valence-corrected chi connectivity index (χ4v) is 1.91. The summed E-state index contributed by atoms with van der Waals surface area (Å²) in [6.45, 7) is 3.77. The Hall–Kier alpha value is -2.71. The summed E-state index contributed by atoms with van der Waals surface area (Å²) in [6, 6.07) is 0.207. The lowest BCUT2D eigenvalue weighted by Crippen LogP contribution is -2.26. The number of hydrogen-bond donors (Lipinski definition) is 1. The molecule has 0 atom stereocenters. The van der Waals surface area contributed by atoms with E-state index in [0.29, 0.717) is 17.5 Å². The molecule has 0 unspecified atom stereocenters. The van der Waals surface area contributed by atoms with Gasteiger partial charge in [0.1, 0.15) is 5.76 Å². The second-order valence-electron chi connectivity index (χ2n) is 5.19. The van der Waals surface area contributed by atoms with Gasteiger partial charge >= 0.3 is 6.01 Å². The molecule has 0 bridgehead atoms. The van der Waals surface area contributed by atoms with Crippen molar-refractivity contribution in [1.82, 2.24) is 25.4 Å². The minimum absolute atomic E-state index is 0.162. The lowest BCUT2D eigenvalue weighted by molar-refractivity contribution is -0.120. The maximum atomic E-state index is 12.1. The Morgan fingerprint density at radius 3 is 2.57 bits per heavy atom. The van der Waals surface area contributed by atoms with Gasteiger partial charge in [0.05, 0.1) is 25.8 Å². The van der Waals surface area contributed by atoms with Gasteiger partial charge in [-0.3, -0.25) is 4.79 Å². The van der Waals surface area contributed by atoms with Gasteiger partial charge in [-0.05, 0) is 13.8 Å². The van der Waals surface area contributed by atoms with Crippen molar-refractivity contribution in [3.8, 4) is 6.01 Å². The number of carbonyl (C=O) groups is 1. The molecule has 23 heavy (non-hydrogen) atoms. The lowest BCUT2D eigenvalue weighted by Gasteiger charge is -2.12. The molecule has 124 valence electrons. The highest BCUT2D eigenvalue weighted by molar-refractivity contribution is 5.78. The Balaban J connectivity index is 2.02. The minimum Gasteiger partial charge on any atom is -0.467 e. The monoisotopic (exact) mass is 320 g/mol. The highest BCUT2D eigenvalue weighted by Crippen LogP contribution is 2.13. The van der Waals surface area contributed by atoms with Gasteiger partial charge in [0.25, 0.3) is 0 Å². The van der Waals surface area contributed by atoms with E-state index in [1.165, 1.54) is 7.11 Å². The molecule has 0 saturated heterocycles. The van der Waals surface area contributed by atoms with E-state index in [4.69, 9.17) is 9.26 Å². The van der Waals surface area contributed by atoms with E-state index < -0.39 is 0 Å². The smallest absolute Gasteiger partial charge is 0.321 e. The van der Waals surface area contributed by atoms with Crippen molar-refractivity contribution in [2.75, 3.05) is 26.1 Å². The maximum Gasteiger partial charge on any atom is 0.321 e. The first-order valence-corrected chi connectivity index (χ1v) is 7.05. The average Bonchev–Trinajstić information content (AvgIpc) is 2.84. The van der Waals surface area contributed by atoms with E-state index in [1.54, 1.807) is 18.7 Å². The number of methoxy groups -OCH3 is 1. The van der Waals surface area contributed by atoms with Gasteiger partial charge in [0.2, 0.25) is 11.9 Å². The summed E-state index contributed by atoms with van der Waals surface area (Å²) in [6.07, 6.45) is 0.198. The molecule has 9 heteroatoms. The molecule has 1 N–H and O–H groups in total. The number of amides is 1. The zero-order chi connectivity index (χ0) is 17.0. The molecule has 2 rings (SSSR count). The second-order valence-corrected chi connectivity index (χ2v) is 5.19. The highest BCUT2D eigenvalue weighted by Gasteiger charge is 2.14. The zero-order valence-electron chi connectivity index (χ0n) is 13.9. The number of ether oxygens (including phenoxy) is 1. The molecule has 0 fully saturated rings. The summed E-state index contributed by atoms with van der Waals surface area (Å²) in [4.78, 5) is 26.3. The highest BCUT2D eigenvalue weighted by atomic mass is 16.5. The van der Waals surface area contributed by atoms with Crippen LogP contribution in [0.4, 0.5) is 5.95 Å². The van der Waals surface area contributed by atoms with E-state index in [1.807, 2.05) is 14.1 Å². The number of rotatable bonds is 6. The normalized spacial score (nSPS) is 10.5. The van der Waals surface area contributed by atoms with Crippen molar-refractivity contribution in [2.45, 2.75) is 26.8 Å². The number of carbonyl (C=O) groups excluding carboxylic acids is 1. The van der Waals surface area contributed by atoms with Crippen LogP contribution < -0.4 is 15.0 Å². The Kier molecular flexibility index (Phi) is 5.09. The first kappa shape index (κ1) is 16.7. The second kappa shape index (κ2) is 7.03. The van der Waals surface area contributed by atoms with E-state index in [-0.39, 0.29) is 24.9 Å². The molecule has 0 radical (unpaired) electrons. The third kappa shape index (κ3) is 4.15. The van der Waals surface area contributed by atoms with Crippen LogP contribution >= 0.6 is 0 Å². The fourth-order valence-electron chi connectivity index (χ4n) is 1.91. The summed E-state index contributed by atoms with van der Waals surface area (Å²) in [7, 11) is 5.11. The molecule has 0 aliphatic rings. The van der Waals surface area contributed by atoms with Crippen molar-refractivity contribution in [3.63, 3.8) is 0 Å². The van der Waals surface area contributed by atoms with Crippen molar-refractivity contribution in [3.05, 3.63) is 22.8 Å². The van der Waals surface area contributed by atoms with Crippen LogP contribution in [0.5, 0.6) is 6.01 Å². The number of nitrogens with zero attached hydrogens (tertiary/aromatic N) is 5. The number of anilines is 1. The Morgan fingerprint density at radius 2 is 2.00 bits per heavy atom. The van der Waals surface area contributed by atoms with E-state index >= 15 is 0 Å². The molecule has 0 aliphatic carbocycles. The van der Waals surface area contributed by atoms with Crippen LogP contribution in [0.25, 0.3) is 0 Å². The molecular weight excluding hydrogens is 300 g/mol. The average molecular weight is 320 g/mol.